The minimum Gasteiger partial charge on any atom is -0.465 e. The van der Waals surface area contributed by atoms with Crippen molar-refractivity contribution in [1.29, 1.82) is 0 Å². The van der Waals surface area contributed by atoms with Gasteiger partial charge in [-0.1, -0.05) is 53.0 Å². The van der Waals surface area contributed by atoms with E-state index < -0.39 is 29.4 Å². The summed E-state index contributed by atoms with van der Waals surface area (Å²) in [4.78, 5) is 55.2. The maximum Gasteiger partial charge on any atom is 0.435 e. The number of hydrogen-bond acceptors (Lipinski definition) is 19. The first-order chi connectivity index (χ1) is 31.5. The van der Waals surface area contributed by atoms with Crippen molar-refractivity contribution in [2.75, 3.05) is 17.3 Å². The molecule has 0 aliphatic carbocycles. The highest BCUT2D eigenvalue weighted by Crippen LogP contribution is 2.36. The van der Waals surface area contributed by atoms with Crippen molar-refractivity contribution in [3.63, 3.8) is 0 Å². The van der Waals surface area contributed by atoms with E-state index in [9.17, 15) is 19.2 Å². The third kappa shape index (κ3) is 12.6. The molecule has 21 nitrogen and oxygen atoms in total. The highest BCUT2D eigenvalue weighted by Gasteiger charge is 2.29. The molecule has 0 bridgehead atoms. The Balaban J connectivity index is 0.000000258. The van der Waals surface area contributed by atoms with Gasteiger partial charge < -0.3 is 25.0 Å². The molecule has 0 atom stereocenters. The van der Waals surface area contributed by atoms with Crippen LogP contribution in [0.1, 0.15) is 73.4 Å². The predicted molar refractivity (Wildman–Crippen MR) is 256 cm³/mol. The van der Waals surface area contributed by atoms with Crippen LogP contribution in [0.4, 0.5) is 31.2 Å². The lowest BCUT2D eigenvalue weighted by Gasteiger charge is -2.25. The Bertz CT molecular complexity index is 2920. The topological polar surface area (TPSA) is 315 Å². The molecule has 0 radical (unpaired) electrons. The fourth-order valence-corrected chi connectivity index (χ4v) is 7.71. The van der Waals surface area contributed by atoms with Gasteiger partial charge in [-0.3, -0.25) is 26.9 Å². The molecule has 23 heteroatoms. The second-order valence-electron chi connectivity index (χ2n) is 16.0. The molecular formula is C44H49N13O8S2. The zero-order valence-corrected chi connectivity index (χ0v) is 39.1. The Morgan fingerprint density at radius 2 is 1.43 bits per heavy atom. The van der Waals surface area contributed by atoms with Crippen LogP contribution in [0.5, 0.6) is 0 Å². The van der Waals surface area contributed by atoms with Crippen LogP contribution in [0.3, 0.4) is 0 Å². The van der Waals surface area contributed by atoms with Gasteiger partial charge in [0.2, 0.25) is 10.3 Å². The fraction of sp³-hybridized carbons (Fsp3) is 0.227. The summed E-state index contributed by atoms with van der Waals surface area (Å²) in [6.07, 6.45) is 2.12. The number of methoxy groups -OCH3 is 1. The molecule has 67 heavy (non-hydrogen) atoms. The van der Waals surface area contributed by atoms with E-state index in [1.807, 2.05) is 24.4 Å². The quantitative estimate of drug-likeness (QED) is 0.0349. The van der Waals surface area contributed by atoms with Gasteiger partial charge in [-0.25, -0.2) is 25.1 Å². The molecule has 8 rings (SSSR count). The van der Waals surface area contributed by atoms with Gasteiger partial charge in [0.25, 0.3) is 5.91 Å². The highest BCUT2D eigenvalue weighted by molar-refractivity contribution is 7.19. The van der Waals surface area contributed by atoms with Gasteiger partial charge in [0.15, 0.2) is 0 Å². The number of benzene rings is 4. The second-order valence-corrected chi connectivity index (χ2v) is 18.0. The molecule has 4 aromatic carbocycles. The van der Waals surface area contributed by atoms with E-state index in [-0.39, 0.29) is 16.5 Å². The number of rotatable bonds is 8. The molecule has 0 spiro atoms. The number of aromatic nitrogens is 6. The summed E-state index contributed by atoms with van der Waals surface area (Å²) in [5, 5.41) is 27.0. The van der Waals surface area contributed by atoms with Crippen molar-refractivity contribution in [1.82, 2.24) is 35.6 Å². The largest absolute Gasteiger partial charge is 0.465 e. The summed E-state index contributed by atoms with van der Waals surface area (Å²) < 4.78 is 17.1. The second kappa shape index (κ2) is 21.6. The molecule has 0 saturated carbocycles. The molecule has 1 aliphatic heterocycles. The molecule has 4 heterocycles. The van der Waals surface area contributed by atoms with Crippen molar-refractivity contribution < 1.29 is 38.9 Å². The van der Waals surface area contributed by atoms with Gasteiger partial charge in [0.05, 0.1) is 36.6 Å². The number of hydrogen-bond donors (Lipinski definition) is 5. The number of nitrogens with one attached hydrogen (secondary N) is 2. The number of carbonyl (C=O) groups is 4. The Labute approximate surface area is 392 Å². The zero-order valence-electron chi connectivity index (χ0n) is 37.4. The molecule has 0 fully saturated rings. The SMILES string of the molecule is COC(=O)c1cccc(-c2nnc(N(C(=O)OC(C)(C)C)c3ccc4c(cnn4C(=O)OC(C)(C)C)c3)s2)c1.NN.NNC(=O)c1cccc(-c2nnc(Nc3ccc4c(c3)C=NC4)s2)c1.O. The number of nitrogen functional groups attached to an aromatic ring is 1. The molecule has 0 saturated heterocycles. The van der Waals surface area contributed by atoms with Crippen LogP contribution in [0.2, 0.25) is 0 Å². The summed E-state index contributed by atoms with van der Waals surface area (Å²) in [6, 6.07) is 25.0. The number of nitrogens with two attached hydrogens (primary N) is 3. The third-order valence-electron chi connectivity index (χ3n) is 8.91. The average molecular weight is 952 g/mol. The van der Waals surface area contributed by atoms with Crippen LogP contribution in [-0.4, -0.2) is 84.2 Å². The number of esters is 1. The number of hydrazine groups is 2. The average Bonchev–Trinajstić information content (AvgIpc) is 4.14. The normalized spacial score (nSPS) is 11.4. The lowest BCUT2D eigenvalue weighted by Crippen LogP contribution is -2.33. The number of amides is 2. The first-order valence-electron chi connectivity index (χ1n) is 19.9. The Hall–Kier alpha value is -7.54. The van der Waals surface area contributed by atoms with Crippen LogP contribution in [0, 0.1) is 0 Å². The van der Waals surface area contributed by atoms with Gasteiger partial charge in [0.1, 0.15) is 21.2 Å². The Morgan fingerprint density at radius 1 is 0.776 bits per heavy atom. The third-order valence-corrected chi connectivity index (χ3v) is 10.8. The van der Waals surface area contributed by atoms with Gasteiger partial charge in [-0.15, -0.1) is 20.4 Å². The van der Waals surface area contributed by atoms with Crippen LogP contribution in [0.25, 0.3) is 32.0 Å². The van der Waals surface area contributed by atoms with E-state index in [4.69, 9.17) is 20.1 Å². The maximum atomic E-state index is 13.4. The van der Waals surface area contributed by atoms with Gasteiger partial charge in [0, 0.05) is 34.0 Å². The first-order valence-corrected chi connectivity index (χ1v) is 21.6. The van der Waals surface area contributed by atoms with E-state index in [1.54, 1.807) is 102 Å². The van der Waals surface area contributed by atoms with E-state index in [2.05, 4.69) is 59.0 Å². The van der Waals surface area contributed by atoms with Crippen molar-refractivity contribution in [2.45, 2.75) is 59.3 Å². The van der Waals surface area contributed by atoms with Crippen LogP contribution >= 0.6 is 22.7 Å². The first kappa shape index (κ1) is 50.5. The van der Waals surface area contributed by atoms with Crippen LogP contribution in [-0.2, 0) is 20.8 Å². The number of nitrogens with zero attached hydrogens (tertiary/aromatic N) is 8. The van der Waals surface area contributed by atoms with E-state index >= 15 is 0 Å². The molecule has 2 amide bonds. The monoisotopic (exact) mass is 951 g/mol. The fourth-order valence-electron chi connectivity index (χ4n) is 6.10. The summed E-state index contributed by atoms with van der Waals surface area (Å²) in [6.45, 7) is 11.4. The minimum absolute atomic E-state index is 0. The van der Waals surface area contributed by atoms with Crippen molar-refractivity contribution >= 4 is 85.5 Å². The smallest absolute Gasteiger partial charge is 0.435 e. The highest BCUT2D eigenvalue weighted by atomic mass is 32.1. The summed E-state index contributed by atoms with van der Waals surface area (Å²) in [7, 11) is 1.31. The van der Waals surface area contributed by atoms with Crippen molar-refractivity contribution in [3.8, 4) is 21.1 Å². The standard InChI is InChI=1S/C27H29N5O6S.C17H14N6OS.H4N2.H2O/c1-26(2,3)37-24(34)31(23-30-29-21(39-23)16-9-8-10-17(13-16)22(33)36-7)19-11-12-20-18(14-19)15-28-32(20)25(35)38-27(4,5)6;18-21-15(24)10-2-1-3-11(6-10)16-22-23-17(25-16)20-14-5-4-12-8-19-9-13(12)7-14;1-2;/h8-15H,1-7H3;1-7,9H,8,18H2,(H,20,23)(H,21,24);1-2H2;1H2. The maximum absolute atomic E-state index is 13.4. The van der Waals surface area contributed by atoms with Gasteiger partial charge in [-0.05, 0) is 107 Å². The summed E-state index contributed by atoms with van der Waals surface area (Å²) in [5.41, 5.74) is 7.18. The molecule has 3 aromatic heterocycles. The number of fused-ring (bicyclic) bond motifs is 2. The van der Waals surface area contributed by atoms with Crippen LogP contribution < -0.4 is 33.2 Å². The lowest BCUT2D eigenvalue weighted by atomic mass is 10.1. The Morgan fingerprint density at radius 3 is 2.10 bits per heavy atom. The predicted octanol–water partition coefficient (Wildman–Crippen LogP) is 6.68. The van der Waals surface area contributed by atoms with Crippen molar-refractivity contribution in [3.05, 3.63) is 113 Å². The van der Waals surface area contributed by atoms with Crippen LogP contribution in [0.15, 0.2) is 96.1 Å². The molecule has 10 N–H and O–H groups in total. The lowest BCUT2D eigenvalue weighted by molar-refractivity contribution is 0.0520. The molecule has 7 aromatic rings. The Kier molecular flexibility index (Phi) is 16.3. The van der Waals surface area contributed by atoms with E-state index in [1.165, 1.54) is 39.8 Å². The van der Waals surface area contributed by atoms with E-state index in [0.29, 0.717) is 43.4 Å². The van der Waals surface area contributed by atoms with Gasteiger partial charge in [-0.2, -0.15) is 9.78 Å². The number of ether oxygens (including phenoxy) is 3. The van der Waals surface area contributed by atoms with Gasteiger partial charge >= 0.3 is 18.2 Å². The molecule has 0 unspecified atom stereocenters. The summed E-state index contributed by atoms with van der Waals surface area (Å²) in [5.74, 6) is 12.4. The molecule has 350 valence electrons. The van der Waals surface area contributed by atoms with Crippen molar-refractivity contribution in [2.24, 2.45) is 22.5 Å². The summed E-state index contributed by atoms with van der Waals surface area (Å²) >= 11 is 2.56. The van der Waals surface area contributed by atoms with E-state index in [0.717, 1.165) is 39.7 Å². The molecular weight excluding hydrogens is 903 g/mol. The zero-order chi connectivity index (χ0) is 47.8. The number of carbonyl (C=O) groups excluding carboxylic acids is 4. The molecule has 1 aliphatic rings. The minimum atomic E-state index is -0.774. The number of aliphatic imine (C=N–C) groups is 1. The number of anilines is 4.